The number of nitrogens with one attached hydrogen (secondary N) is 1. The van der Waals surface area contributed by atoms with Crippen molar-refractivity contribution in [2.45, 2.75) is 44.9 Å². The zero-order valence-corrected chi connectivity index (χ0v) is 18.5. The van der Waals surface area contributed by atoms with Gasteiger partial charge in [0.1, 0.15) is 11.3 Å². The van der Waals surface area contributed by atoms with Gasteiger partial charge in [-0.25, -0.2) is 8.42 Å². The lowest BCUT2D eigenvalue weighted by molar-refractivity contribution is 0.0971. The first-order chi connectivity index (χ1) is 14.8. The fourth-order valence-corrected chi connectivity index (χ4v) is 5.88. The maximum absolute atomic E-state index is 13.4. The van der Waals surface area contributed by atoms with Crippen LogP contribution in [0.2, 0.25) is 0 Å². The number of carbonyl (C=O) groups is 1. The van der Waals surface area contributed by atoms with Crippen LogP contribution < -0.4 is 4.72 Å². The van der Waals surface area contributed by atoms with Crippen molar-refractivity contribution in [2.75, 3.05) is 4.72 Å². The molecule has 0 saturated carbocycles. The zero-order valence-electron chi connectivity index (χ0n) is 17.7. The lowest BCUT2D eigenvalue weighted by Gasteiger charge is -2.15. The van der Waals surface area contributed by atoms with Gasteiger partial charge in [-0.2, -0.15) is 0 Å². The van der Waals surface area contributed by atoms with Crippen LogP contribution in [0, 0.1) is 20.8 Å². The van der Waals surface area contributed by atoms with Crippen molar-refractivity contribution in [3.05, 3.63) is 70.5 Å². The van der Waals surface area contributed by atoms with Crippen LogP contribution >= 0.6 is 0 Å². The number of benzene rings is 3. The van der Waals surface area contributed by atoms with E-state index < -0.39 is 10.0 Å². The topological polar surface area (TPSA) is 76.4 Å². The van der Waals surface area contributed by atoms with Crippen LogP contribution in [0.3, 0.4) is 0 Å². The largest absolute Gasteiger partial charge is 0.460 e. The first kappa shape index (κ1) is 19.8. The second kappa shape index (κ2) is 6.95. The highest BCUT2D eigenvalue weighted by Gasteiger charge is 2.27. The molecule has 1 N–H and O–H groups in total. The Hall–Kier alpha value is -3.12. The number of fused-ring (bicyclic) bond motifs is 5. The second-order valence-electron chi connectivity index (χ2n) is 8.33. The van der Waals surface area contributed by atoms with Crippen molar-refractivity contribution < 1.29 is 17.6 Å². The fraction of sp³-hybridized carbons (Fsp3) is 0.240. The van der Waals surface area contributed by atoms with E-state index in [1.165, 1.54) is 0 Å². The lowest BCUT2D eigenvalue weighted by atomic mass is 9.93. The molecular weight excluding hydrogens is 410 g/mol. The maximum Gasteiger partial charge on any atom is 0.262 e. The Bertz CT molecular complexity index is 1500. The van der Waals surface area contributed by atoms with E-state index in [-0.39, 0.29) is 10.7 Å². The van der Waals surface area contributed by atoms with Gasteiger partial charge in [0.15, 0.2) is 5.78 Å². The molecule has 31 heavy (non-hydrogen) atoms. The number of hydrogen-bond donors (Lipinski definition) is 1. The molecule has 0 saturated heterocycles. The van der Waals surface area contributed by atoms with Gasteiger partial charge in [-0.3, -0.25) is 9.52 Å². The maximum atomic E-state index is 13.4. The van der Waals surface area contributed by atoms with Gasteiger partial charge in [-0.05, 0) is 56.0 Å². The van der Waals surface area contributed by atoms with E-state index in [0.717, 1.165) is 28.3 Å². The number of sulfonamides is 1. The van der Waals surface area contributed by atoms with Crippen LogP contribution in [0.5, 0.6) is 0 Å². The molecule has 158 valence electrons. The van der Waals surface area contributed by atoms with E-state index in [1.807, 2.05) is 44.2 Å². The predicted molar refractivity (Wildman–Crippen MR) is 122 cm³/mol. The summed E-state index contributed by atoms with van der Waals surface area (Å²) < 4.78 is 35.6. The number of furan rings is 1. The van der Waals surface area contributed by atoms with E-state index in [2.05, 4.69) is 4.72 Å². The third-order valence-corrected chi connectivity index (χ3v) is 7.69. The number of carbonyl (C=O) groups excluding carboxylic acids is 1. The van der Waals surface area contributed by atoms with Gasteiger partial charge in [0.2, 0.25) is 0 Å². The number of rotatable bonds is 3. The third kappa shape index (κ3) is 3.13. The normalized spacial score (nSPS) is 14.2. The van der Waals surface area contributed by atoms with Crippen molar-refractivity contribution in [3.8, 4) is 0 Å². The van der Waals surface area contributed by atoms with Crippen molar-refractivity contribution in [1.29, 1.82) is 0 Å². The van der Waals surface area contributed by atoms with Crippen molar-refractivity contribution in [1.82, 2.24) is 0 Å². The van der Waals surface area contributed by atoms with E-state index in [1.54, 1.807) is 19.1 Å². The molecule has 1 heterocycles. The molecule has 0 amide bonds. The van der Waals surface area contributed by atoms with Gasteiger partial charge >= 0.3 is 0 Å². The summed E-state index contributed by atoms with van der Waals surface area (Å²) in [6, 6.07) is 12.8. The molecule has 0 bridgehead atoms. The monoisotopic (exact) mass is 433 g/mol. The van der Waals surface area contributed by atoms with Gasteiger partial charge in [0.05, 0.1) is 16.1 Å². The van der Waals surface area contributed by atoms with Crippen LogP contribution in [-0.2, 0) is 16.4 Å². The molecule has 1 aromatic heterocycles. The number of hydrogen-bond acceptors (Lipinski definition) is 4. The lowest BCUT2D eigenvalue weighted by Crippen LogP contribution is -2.15. The molecule has 3 aromatic carbocycles. The summed E-state index contributed by atoms with van der Waals surface area (Å²) in [7, 11) is -3.83. The molecule has 0 spiro atoms. The number of ketones is 1. The highest BCUT2D eigenvalue weighted by Crippen LogP contribution is 2.40. The second-order valence-corrected chi connectivity index (χ2v) is 9.98. The van der Waals surface area contributed by atoms with Crippen LogP contribution in [0.15, 0.2) is 51.8 Å². The third-order valence-electron chi connectivity index (χ3n) is 6.18. The van der Waals surface area contributed by atoms with E-state index in [0.29, 0.717) is 46.4 Å². The first-order valence-electron chi connectivity index (χ1n) is 10.4. The van der Waals surface area contributed by atoms with Gasteiger partial charge < -0.3 is 4.42 Å². The fourth-order valence-electron chi connectivity index (χ4n) is 4.49. The summed E-state index contributed by atoms with van der Waals surface area (Å²) in [4.78, 5) is 12.9. The summed E-state index contributed by atoms with van der Waals surface area (Å²) >= 11 is 0. The van der Waals surface area contributed by atoms with Crippen LogP contribution in [0.25, 0.3) is 21.7 Å². The van der Waals surface area contributed by atoms with Gasteiger partial charge in [-0.15, -0.1) is 0 Å². The quantitative estimate of drug-likeness (QED) is 0.441. The Morgan fingerprint density at radius 3 is 2.35 bits per heavy atom. The minimum Gasteiger partial charge on any atom is -0.460 e. The molecule has 1 aliphatic rings. The van der Waals surface area contributed by atoms with Crippen LogP contribution in [0.1, 0.15) is 45.7 Å². The van der Waals surface area contributed by atoms with Gasteiger partial charge in [-0.1, -0.05) is 30.3 Å². The van der Waals surface area contributed by atoms with Crippen LogP contribution in [0.4, 0.5) is 5.69 Å². The van der Waals surface area contributed by atoms with Gasteiger partial charge in [0, 0.05) is 29.0 Å². The molecule has 5 rings (SSSR count). The molecule has 0 aliphatic heterocycles. The minimum absolute atomic E-state index is 0.0501. The van der Waals surface area contributed by atoms with E-state index in [9.17, 15) is 13.2 Å². The summed E-state index contributed by atoms with van der Waals surface area (Å²) in [5, 5.41) is 2.20. The average Bonchev–Trinajstić information content (AvgIpc) is 3.10. The van der Waals surface area contributed by atoms with Crippen molar-refractivity contribution >= 4 is 43.2 Å². The Kier molecular flexibility index (Phi) is 4.45. The Labute approximate surface area is 181 Å². The molecule has 1 aliphatic carbocycles. The molecule has 0 radical (unpaired) electrons. The Balaban J connectivity index is 1.74. The van der Waals surface area contributed by atoms with Crippen molar-refractivity contribution in [3.63, 3.8) is 0 Å². The minimum atomic E-state index is -3.83. The molecule has 5 nitrogen and oxygen atoms in total. The predicted octanol–water partition coefficient (Wildman–Crippen LogP) is 5.83. The average molecular weight is 434 g/mol. The number of anilines is 1. The van der Waals surface area contributed by atoms with E-state index in [4.69, 9.17) is 4.42 Å². The highest BCUT2D eigenvalue weighted by molar-refractivity contribution is 7.92. The number of Topliss-reactive ketones (excluding diaryl/α,β-unsaturated/α-hetero) is 1. The zero-order chi connectivity index (χ0) is 21.9. The van der Waals surface area contributed by atoms with Gasteiger partial charge in [0.25, 0.3) is 10.0 Å². The standard InChI is InChI=1S/C25H23NO4S/c1-14-11-16(3)23(12-15(14)2)31(28,29)26-20-13-19-24-21(27)9-6-10-22(24)30-25(19)18-8-5-4-7-17(18)20/h4-5,7-8,11-13,26H,6,9-10H2,1-3H3. The SMILES string of the molecule is Cc1cc(C)c(S(=O)(=O)Nc2cc3c4c(oc3c3ccccc23)CCCC4=O)cc1C. The van der Waals surface area contributed by atoms with E-state index >= 15 is 0 Å². The molecule has 0 unspecified atom stereocenters. The highest BCUT2D eigenvalue weighted by atomic mass is 32.2. The number of aryl methyl sites for hydroxylation is 4. The Morgan fingerprint density at radius 2 is 1.58 bits per heavy atom. The summed E-state index contributed by atoms with van der Waals surface area (Å²) in [5.41, 5.74) is 4.34. The molecule has 4 aromatic rings. The van der Waals surface area contributed by atoms with Crippen LogP contribution in [-0.4, -0.2) is 14.2 Å². The van der Waals surface area contributed by atoms with Crippen molar-refractivity contribution in [2.24, 2.45) is 0 Å². The molecule has 0 atom stereocenters. The molecular formula is C25H23NO4S. The molecule has 0 fully saturated rings. The summed E-state index contributed by atoms with van der Waals surface area (Å²) in [6.45, 7) is 5.67. The molecule has 6 heteroatoms. The smallest absolute Gasteiger partial charge is 0.262 e. The first-order valence-corrected chi connectivity index (χ1v) is 11.9. The summed E-state index contributed by atoms with van der Waals surface area (Å²) in [5.74, 6) is 0.746. The Morgan fingerprint density at radius 1 is 0.871 bits per heavy atom. The summed E-state index contributed by atoms with van der Waals surface area (Å²) in [6.07, 6.45) is 1.97.